The second-order valence-electron chi connectivity index (χ2n) is 5.38. The van der Waals surface area contributed by atoms with Crippen molar-refractivity contribution >= 4 is 23.3 Å². The van der Waals surface area contributed by atoms with E-state index in [-0.39, 0.29) is 18.6 Å². The van der Waals surface area contributed by atoms with E-state index >= 15 is 0 Å². The zero-order chi connectivity index (χ0) is 17.4. The lowest BCUT2D eigenvalue weighted by atomic mass is 10.3. The van der Waals surface area contributed by atoms with Crippen LogP contribution in [0.25, 0.3) is 0 Å². The number of para-hydroxylation sites is 3. The van der Waals surface area contributed by atoms with Crippen LogP contribution in [0.3, 0.4) is 0 Å². The van der Waals surface area contributed by atoms with Crippen molar-refractivity contribution in [3.63, 3.8) is 0 Å². The van der Waals surface area contributed by atoms with Crippen molar-refractivity contribution in [2.45, 2.75) is 20.0 Å². The van der Waals surface area contributed by atoms with E-state index in [1.54, 1.807) is 30.3 Å². The molecule has 0 unspecified atom stereocenters. The van der Waals surface area contributed by atoms with Crippen molar-refractivity contribution in [1.29, 1.82) is 0 Å². The molecule has 0 radical (unpaired) electrons. The third-order valence-corrected chi connectivity index (χ3v) is 2.96. The van der Waals surface area contributed by atoms with Gasteiger partial charge in [-0.25, -0.2) is 4.79 Å². The third-order valence-electron chi connectivity index (χ3n) is 2.96. The van der Waals surface area contributed by atoms with Gasteiger partial charge in [0.05, 0.1) is 18.3 Å². The van der Waals surface area contributed by atoms with Crippen molar-refractivity contribution in [1.82, 2.24) is 5.32 Å². The van der Waals surface area contributed by atoms with E-state index in [4.69, 9.17) is 4.74 Å². The zero-order valence-corrected chi connectivity index (χ0v) is 13.7. The maximum atomic E-state index is 12.0. The zero-order valence-electron chi connectivity index (χ0n) is 13.7. The Bertz CT molecular complexity index is 687. The summed E-state index contributed by atoms with van der Waals surface area (Å²) in [7, 11) is 0. The SMILES string of the molecule is CC(C)Oc1ccccc1NC(=O)CNC(=O)Nc1ccccc1. The number of amides is 3. The molecule has 0 fully saturated rings. The molecule has 6 nitrogen and oxygen atoms in total. The Hall–Kier alpha value is -3.02. The highest BCUT2D eigenvalue weighted by molar-refractivity contribution is 5.97. The van der Waals surface area contributed by atoms with Gasteiger partial charge in [-0.3, -0.25) is 4.79 Å². The topological polar surface area (TPSA) is 79.5 Å². The highest BCUT2D eigenvalue weighted by Gasteiger charge is 2.10. The van der Waals surface area contributed by atoms with E-state index in [1.807, 2.05) is 38.1 Å². The van der Waals surface area contributed by atoms with Gasteiger partial charge in [-0.2, -0.15) is 0 Å². The van der Waals surface area contributed by atoms with Crippen molar-refractivity contribution < 1.29 is 14.3 Å². The number of benzene rings is 2. The molecule has 126 valence electrons. The van der Waals surface area contributed by atoms with Gasteiger partial charge in [-0.1, -0.05) is 30.3 Å². The van der Waals surface area contributed by atoms with Gasteiger partial charge in [0.1, 0.15) is 5.75 Å². The van der Waals surface area contributed by atoms with Crippen molar-refractivity contribution in [2.75, 3.05) is 17.2 Å². The molecule has 0 saturated carbocycles. The molecule has 0 atom stereocenters. The predicted molar refractivity (Wildman–Crippen MR) is 94.3 cm³/mol. The number of carbonyl (C=O) groups is 2. The van der Waals surface area contributed by atoms with Crippen molar-refractivity contribution in [3.05, 3.63) is 54.6 Å². The number of hydrogen-bond acceptors (Lipinski definition) is 3. The van der Waals surface area contributed by atoms with Crippen LogP contribution in [0.5, 0.6) is 5.75 Å². The summed E-state index contributed by atoms with van der Waals surface area (Å²) in [6.07, 6.45) is -0.00201. The Labute approximate surface area is 141 Å². The summed E-state index contributed by atoms with van der Waals surface area (Å²) >= 11 is 0. The van der Waals surface area contributed by atoms with Crippen LogP contribution >= 0.6 is 0 Å². The Balaban J connectivity index is 1.84. The van der Waals surface area contributed by atoms with Crippen LogP contribution in [0.2, 0.25) is 0 Å². The fourth-order valence-corrected chi connectivity index (χ4v) is 1.98. The lowest BCUT2D eigenvalue weighted by molar-refractivity contribution is -0.115. The fraction of sp³-hybridized carbons (Fsp3) is 0.222. The van der Waals surface area contributed by atoms with Gasteiger partial charge in [0.15, 0.2) is 0 Å². The molecule has 0 aliphatic carbocycles. The summed E-state index contributed by atoms with van der Waals surface area (Å²) in [6, 6.07) is 15.7. The number of hydrogen-bond donors (Lipinski definition) is 3. The summed E-state index contributed by atoms with van der Waals surface area (Å²) in [6.45, 7) is 3.68. The summed E-state index contributed by atoms with van der Waals surface area (Å²) in [4.78, 5) is 23.8. The molecule has 0 spiro atoms. The molecule has 3 N–H and O–H groups in total. The van der Waals surface area contributed by atoms with E-state index in [0.717, 1.165) is 0 Å². The van der Waals surface area contributed by atoms with E-state index in [1.165, 1.54) is 0 Å². The lowest BCUT2D eigenvalue weighted by Gasteiger charge is -2.15. The Morgan fingerprint density at radius 3 is 2.33 bits per heavy atom. The highest BCUT2D eigenvalue weighted by Crippen LogP contribution is 2.24. The molecule has 2 rings (SSSR count). The summed E-state index contributed by atoms with van der Waals surface area (Å²) in [5.41, 5.74) is 1.23. The number of nitrogens with one attached hydrogen (secondary N) is 3. The molecule has 24 heavy (non-hydrogen) atoms. The minimum atomic E-state index is -0.442. The monoisotopic (exact) mass is 327 g/mol. The first-order chi connectivity index (χ1) is 11.5. The Morgan fingerprint density at radius 1 is 0.958 bits per heavy atom. The number of carbonyl (C=O) groups excluding carboxylic acids is 2. The van der Waals surface area contributed by atoms with Gasteiger partial charge in [-0.15, -0.1) is 0 Å². The average Bonchev–Trinajstić information content (AvgIpc) is 2.55. The molecule has 0 aliphatic rings. The summed E-state index contributed by atoms with van der Waals surface area (Å²) in [5.74, 6) is 0.257. The minimum Gasteiger partial charge on any atom is -0.489 e. The van der Waals surface area contributed by atoms with Crippen molar-refractivity contribution in [2.24, 2.45) is 0 Å². The Morgan fingerprint density at radius 2 is 1.62 bits per heavy atom. The van der Waals surface area contributed by atoms with Crippen LogP contribution in [0.4, 0.5) is 16.2 Å². The molecule has 0 aromatic heterocycles. The maximum absolute atomic E-state index is 12.0. The molecule has 0 heterocycles. The molecule has 2 aromatic carbocycles. The first-order valence-corrected chi connectivity index (χ1v) is 7.70. The largest absolute Gasteiger partial charge is 0.489 e. The fourth-order valence-electron chi connectivity index (χ4n) is 1.98. The van der Waals surface area contributed by atoms with Crippen LogP contribution in [0.1, 0.15) is 13.8 Å². The standard InChI is InChI=1S/C18H21N3O3/c1-13(2)24-16-11-7-6-10-15(16)21-17(22)12-19-18(23)20-14-8-4-3-5-9-14/h3-11,13H,12H2,1-2H3,(H,21,22)(H2,19,20,23). The van der Waals surface area contributed by atoms with Gasteiger partial charge < -0.3 is 20.7 Å². The van der Waals surface area contributed by atoms with Crippen LogP contribution in [0, 0.1) is 0 Å². The first-order valence-electron chi connectivity index (χ1n) is 7.70. The number of urea groups is 1. The molecule has 2 aromatic rings. The van der Waals surface area contributed by atoms with Crippen LogP contribution in [0.15, 0.2) is 54.6 Å². The van der Waals surface area contributed by atoms with E-state index in [0.29, 0.717) is 17.1 Å². The minimum absolute atomic E-state index is 0.00201. The molecule has 0 aliphatic heterocycles. The lowest BCUT2D eigenvalue weighted by Crippen LogP contribution is -2.35. The van der Waals surface area contributed by atoms with Crippen LogP contribution in [-0.2, 0) is 4.79 Å². The molecule has 0 saturated heterocycles. The van der Waals surface area contributed by atoms with Crippen LogP contribution < -0.4 is 20.7 Å². The van der Waals surface area contributed by atoms with Gasteiger partial charge >= 0.3 is 6.03 Å². The Kier molecular flexibility index (Phi) is 6.19. The van der Waals surface area contributed by atoms with E-state index < -0.39 is 6.03 Å². The van der Waals surface area contributed by atoms with Crippen LogP contribution in [-0.4, -0.2) is 24.6 Å². The first kappa shape index (κ1) is 17.3. The van der Waals surface area contributed by atoms with Gasteiger partial charge in [0.2, 0.25) is 5.91 Å². The second kappa shape index (κ2) is 8.57. The average molecular weight is 327 g/mol. The molecular weight excluding hydrogens is 306 g/mol. The van der Waals surface area contributed by atoms with Gasteiger partial charge in [0, 0.05) is 5.69 Å². The summed E-state index contributed by atoms with van der Waals surface area (Å²) < 4.78 is 5.64. The normalized spacial score (nSPS) is 10.1. The number of anilines is 2. The maximum Gasteiger partial charge on any atom is 0.319 e. The molecule has 3 amide bonds. The van der Waals surface area contributed by atoms with E-state index in [9.17, 15) is 9.59 Å². The number of ether oxygens (including phenoxy) is 1. The molecule has 6 heteroatoms. The second-order valence-corrected chi connectivity index (χ2v) is 5.38. The third kappa shape index (κ3) is 5.64. The van der Waals surface area contributed by atoms with Gasteiger partial charge in [0.25, 0.3) is 0 Å². The highest BCUT2D eigenvalue weighted by atomic mass is 16.5. The molecular formula is C18H21N3O3. The van der Waals surface area contributed by atoms with Gasteiger partial charge in [-0.05, 0) is 38.1 Å². The summed E-state index contributed by atoms with van der Waals surface area (Å²) in [5, 5.41) is 7.88. The quantitative estimate of drug-likeness (QED) is 0.762. The number of rotatable bonds is 6. The van der Waals surface area contributed by atoms with Crippen molar-refractivity contribution in [3.8, 4) is 5.75 Å². The smallest absolute Gasteiger partial charge is 0.319 e. The van der Waals surface area contributed by atoms with E-state index in [2.05, 4.69) is 16.0 Å². The predicted octanol–water partition coefficient (Wildman–Crippen LogP) is 3.23. The molecule has 0 bridgehead atoms.